The van der Waals surface area contributed by atoms with E-state index in [9.17, 15) is 0 Å². The van der Waals surface area contributed by atoms with E-state index in [-0.39, 0.29) is 0 Å². The van der Waals surface area contributed by atoms with Crippen LogP contribution in [0.25, 0.3) is 11.1 Å². The largest absolute Gasteiger partial charge is 0.496 e. The van der Waals surface area contributed by atoms with Gasteiger partial charge in [-0.1, -0.05) is 11.6 Å². The summed E-state index contributed by atoms with van der Waals surface area (Å²) in [6.45, 7) is 0. The Bertz CT molecular complexity index is 514. The monoisotopic (exact) mass is 249 g/mol. The summed E-state index contributed by atoms with van der Waals surface area (Å²) in [5, 5.41) is 3.52. The summed E-state index contributed by atoms with van der Waals surface area (Å²) >= 11 is 5.97. The summed E-state index contributed by atoms with van der Waals surface area (Å²) in [5.74, 6) is 1.32. The smallest absolute Gasteiger partial charge is 0.222 e. The van der Waals surface area contributed by atoms with Crippen LogP contribution in [0.15, 0.2) is 30.6 Å². The molecular weight excluding hydrogens is 238 g/mol. The van der Waals surface area contributed by atoms with Crippen LogP contribution in [0.2, 0.25) is 5.02 Å². The highest BCUT2D eigenvalue weighted by molar-refractivity contribution is 6.31. The van der Waals surface area contributed by atoms with Crippen LogP contribution in [0, 0.1) is 0 Å². The van der Waals surface area contributed by atoms with Crippen LogP contribution in [-0.2, 0) is 0 Å². The maximum atomic E-state index is 5.97. The van der Waals surface area contributed by atoms with Crippen molar-refractivity contribution < 1.29 is 4.74 Å². The average Bonchev–Trinajstić information content (AvgIpc) is 2.39. The standard InChI is InChI=1S/C12H12ClN3O/c1-14-12-15-6-8(7-16-12)10-5-9(13)3-4-11(10)17-2/h3-7H,1-2H3,(H,14,15,16). The first-order valence-electron chi connectivity index (χ1n) is 5.08. The highest BCUT2D eigenvalue weighted by Gasteiger charge is 2.07. The van der Waals surface area contributed by atoms with Crippen molar-refractivity contribution >= 4 is 17.5 Å². The molecule has 1 N–H and O–H groups in total. The number of hydrogen-bond donors (Lipinski definition) is 1. The lowest BCUT2D eigenvalue weighted by molar-refractivity contribution is 0.416. The molecule has 17 heavy (non-hydrogen) atoms. The second-order valence-electron chi connectivity index (χ2n) is 3.39. The molecule has 0 fully saturated rings. The highest BCUT2D eigenvalue weighted by atomic mass is 35.5. The molecule has 0 aliphatic rings. The van der Waals surface area contributed by atoms with Crippen LogP contribution < -0.4 is 10.1 Å². The van der Waals surface area contributed by atoms with Crippen molar-refractivity contribution in [2.45, 2.75) is 0 Å². The number of nitrogens with zero attached hydrogens (tertiary/aromatic N) is 2. The van der Waals surface area contributed by atoms with Crippen molar-refractivity contribution in [2.75, 3.05) is 19.5 Å². The fourth-order valence-corrected chi connectivity index (χ4v) is 1.67. The minimum absolute atomic E-state index is 0.578. The molecule has 0 atom stereocenters. The minimum Gasteiger partial charge on any atom is -0.496 e. The maximum Gasteiger partial charge on any atom is 0.222 e. The van der Waals surface area contributed by atoms with Crippen molar-refractivity contribution in [3.63, 3.8) is 0 Å². The van der Waals surface area contributed by atoms with Crippen molar-refractivity contribution in [3.8, 4) is 16.9 Å². The Labute approximate surface area is 105 Å². The molecule has 0 aliphatic heterocycles. The molecule has 0 unspecified atom stereocenters. The van der Waals surface area contributed by atoms with Gasteiger partial charge < -0.3 is 10.1 Å². The molecule has 0 saturated carbocycles. The van der Waals surface area contributed by atoms with Gasteiger partial charge in [-0.15, -0.1) is 0 Å². The van der Waals surface area contributed by atoms with Gasteiger partial charge in [-0.25, -0.2) is 9.97 Å². The fraction of sp³-hybridized carbons (Fsp3) is 0.167. The number of hydrogen-bond acceptors (Lipinski definition) is 4. The topological polar surface area (TPSA) is 47.0 Å². The quantitative estimate of drug-likeness (QED) is 0.909. The Kier molecular flexibility index (Phi) is 3.44. The van der Waals surface area contributed by atoms with Crippen LogP contribution in [0.3, 0.4) is 0 Å². The van der Waals surface area contributed by atoms with E-state index in [0.29, 0.717) is 11.0 Å². The predicted molar refractivity (Wildman–Crippen MR) is 68.6 cm³/mol. The van der Waals surface area contributed by atoms with Gasteiger partial charge in [0.2, 0.25) is 5.95 Å². The molecule has 1 heterocycles. The molecule has 0 spiro atoms. The van der Waals surface area contributed by atoms with Crippen molar-refractivity contribution in [1.82, 2.24) is 9.97 Å². The first kappa shape index (κ1) is 11.7. The van der Waals surface area contributed by atoms with Crippen LogP contribution in [0.5, 0.6) is 5.75 Å². The third kappa shape index (κ3) is 2.47. The number of nitrogens with one attached hydrogen (secondary N) is 1. The lowest BCUT2D eigenvalue weighted by atomic mass is 10.1. The number of anilines is 1. The minimum atomic E-state index is 0.578. The summed E-state index contributed by atoms with van der Waals surface area (Å²) in [6.07, 6.45) is 3.46. The SMILES string of the molecule is CNc1ncc(-c2cc(Cl)ccc2OC)cn1. The Morgan fingerprint density at radius 2 is 1.94 bits per heavy atom. The van der Waals surface area contributed by atoms with Crippen molar-refractivity contribution in [3.05, 3.63) is 35.6 Å². The Hall–Kier alpha value is -1.81. The van der Waals surface area contributed by atoms with Gasteiger partial charge >= 0.3 is 0 Å². The zero-order chi connectivity index (χ0) is 12.3. The van der Waals surface area contributed by atoms with E-state index < -0.39 is 0 Å². The third-order valence-corrected chi connectivity index (χ3v) is 2.58. The van der Waals surface area contributed by atoms with Gasteiger partial charge in [-0.3, -0.25) is 0 Å². The summed E-state index contributed by atoms with van der Waals surface area (Å²) in [6, 6.07) is 5.44. The van der Waals surface area contributed by atoms with E-state index >= 15 is 0 Å². The maximum absolute atomic E-state index is 5.97. The Balaban J connectivity index is 2.47. The van der Waals surface area contributed by atoms with E-state index in [2.05, 4.69) is 15.3 Å². The molecule has 0 radical (unpaired) electrons. The predicted octanol–water partition coefficient (Wildman–Crippen LogP) is 2.85. The van der Waals surface area contributed by atoms with Crippen LogP contribution >= 0.6 is 11.6 Å². The lowest BCUT2D eigenvalue weighted by Gasteiger charge is -2.08. The van der Waals surface area contributed by atoms with Gasteiger partial charge in [0.15, 0.2) is 0 Å². The second-order valence-corrected chi connectivity index (χ2v) is 3.83. The molecule has 0 bridgehead atoms. The molecule has 0 saturated heterocycles. The van der Waals surface area contributed by atoms with Gasteiger partial charge in [0.1, 0.15) is 5.75 Å². The molecule has 5 heteroatoms. The van der Waals surface area contributed by atoms with E-state index in [4.69, 9.17) is 16.3 Å². The Morgan fingerprint density at radius 1 is 1.24 bits per heavy atom. The first-order valence-corrected chi connectivity index (χ1v) is 5.46. The number of aromatic nitrogens is 2. The van der Waals surface area contributed by atoms with E-state index in [1.807, 2.05) is 12.1 Å². The molecule has 88 valence electrons. The fourth-order valence-electron chi connectivity index (χ4n) is 1.50. The number of benzene rings is 1. The number of halogens is 1. The van der Waals surface area contributed by atoms with Gasteiger partial charge in [0.05, 0.1) is 7.11 Å². The molecule has 2 aromatic rings. The van der Waals surface area contributed by atoms with Gasteiger partial charge in [0, 0.05) is 35.6 Å². The average molecular weight is 250 g/mol. The summed E-state index contributed by atoms with van der Waals surface area (Å²) < 4.78 is 5.28. The van der Waals surface area contributed by atoms with Gasteiger partial charge in [0.25, 0.3) is 0 Å². The molecular formula is C12H12ClN3O. The van der Waals surface area contributed by atoms with Crippen LogP contribution in [0.1, 0.15) is 0 Å². The highest BCUT2D eigenvalue weighted by Crippen LogP contribution is 2.31. The van der Waals surface area contributed by atoms with Crippen LogP contribution in [0.4, 0.5) is 5.95 Å². The molecule has 0 aliphatic carbocycles. The number of rotatable bonds is 3. The Morgan fingerprint density at radius 3 is 2.53 bits per heavy atom. The second kappa shape index (κ2) is 5.01. The van der Waals surface area contributed by atoms with Gasteiger partial charge in [-0.05, 0) is 18.2 Å². The number of ether oxygens (including phenoxy) is 1. The molecule has 2 rings (SSSR count). The van der Waals surface area contributed by atoms with E-state index in [1.165, 1.54) is 0 Å². The molecule has 4 nitrogen and oxygen atoms in total. The summed E-state index contributed by atoms with van der Waals surface area (Å²) in [5.41, 5.74) is 1.74. The lowest BCUT2D eigenvalue weighted by Crippen LogP contribution is -1.96. The summed E-state index contributed by atoms with van der Waals surface area (Å²) in [4.78, 5) is 8.32. The van der Waals surface area contributed by atoms with Crippen molar-refractivity contribution in [2.24, 2.45) is 0 Å². The molecule has 0 amide bonds. The third-order valence-electron chi connectivity index (χ3n) is 2.35. The zero-order valence-electron chi connectivity index (χ0n) is 9.57. The molecule has 1 aromatic heterocycles. The number of methoxy groups -OCH3 is 1. The van der Waals surface area contributed by atoms with Gasteiger partial charge in [-0.2, -0.15) is 0 Å². The summed E-state index contributed by atoms with van der Waals surface area (Å²) in [7, 11) is 3.39. The zero-order valence-corrected chi connectivity index (χ0v) is 10.3. The molecule has 1 aromatic carbocycles. The normalized spacial score (nSPS) is 10.1. The van der Waals surface area contributed by atoms with Crippen molar-refractivity contribution in [1.29, 1.82) is 0 Å². The van der Waals surface area contributed by atoms with E-state index in [0.717, 1.165) is 16.9 Å². The van der Waals surface area contributed by atoms with E-state index in [1.54, 1.807) is 32.6 Å². The van der Waals surface area contributed by atoms with Crippen LogP contribution in [-0.4, -0.2) is 24.1 Å². The first-order chi connectivity index (χ1) is 8.24.